The van der Waals surface area contributed by atoms with Gasteiger partial charge < -0.3 is 9.88 Å². The highest BCUT2D eigenvalue weighted by molar-refractivity contribution is 5.93. The Kier molecular flexibility index (Phi) is 4.95. The zero-order valence-electron chi connectivity index (χ0n) is 16.8. The van der Waals surface area contributed by atoms with E-state index < -0.39 is 35.4 Å². The van der Waals surface area contributed by atoms with E-state index in [4.69, 9.17) is 0 Å². The van der Waals surface area contributed by atoms with Gasteiger partial charge in [0.1, 0.15) is 6.54 Å². The number of hydrogen-bond donors (Lipinski definition) is 1. The minimum atomic E-state index is -4.61. The molecule has 0 bridgehead atoms. The zero-order valence-corrected chi connectivity index (χ0v) is 16.8. The Hall–Kier alpha value is -4.16. The summed E-state index contributed by atoms with van der Waals surface area (Å²) in [6.45, 7) is -0.418. The summed E-state index contributed by atoms with van der Waals surface area (Å²) in [5.41, 5.74) is -1.96. The van der Waals surface area contributed by atoms with Gasteiger partial charge in [0.05, 0.1) is 23.3 Å². The number of hydrogen-bond acceptors (Lipinski definition) is 5. The van der Waals surface area contributed by atoms with Gasteiger partial charge in [-0.3, -0.25) is 18.7 Å². The highest BCUT2D eigenvalue weighted by Crippen LogP contribution is 2.33. The molecule has 166 valence electrons. The van der Waals surface area contributed by atoms with E-state index in [0.717, 1.165) is 21.3 Å². The summed E-state index contributed by atoms with van der Waals surface area (Å²) in [5.74, 6) is -0.701. The maximum atomic E-state index is 13.2. The normalized spacial score (nSPS) is 11.8. The van der Waals surface area contributed by atoms with Crippen LogP contribution in [-0.2, 0) is 31.6 Å². The third-order valence-electron chi connectivity index (χ3n) is 4.88. The van der Waals surface area contributed by atoms with Crippen LogP contribution in [0.15, 0.2) is 52.6 Å². The predicted molar refractivity (Wildman–Crippen MR) is 107 cm³/mol. The molecule has 0 radical (unpaired) electrons. The van der Waals surface area contributed by atoms with Crippen LogP contribution in [0.1, 0.15) is 5.56 Å². The van der Waals surface area contributed by atoms with Crippen molar-refractivity contribution in [3.05, 3.63) is 69.4 Å². The van der Waals surface area contributed by atoms with Gasteiger partial charge in [-0.2, -0.15) is 18.3 Å². The number of imidazole rings is 1. The summed E-state index contributed by atoms with van der Waals surface area (Å²) in [5, 5.41) is 6.44. The second-order valence-electron chi connectivity index (χ2n) is 6.98. The molecule has 3 heterocycles. The number of nitrogens with zero attached hydrogens (tertiary/aromatic N) is 6. The first-order valence-electron chi connectivity index (χ1n) is 9.20. The average Bonchev–Trinajstić information content (AvgIpc) is 3.40. The van der Waals surface area contributed by atoms with Crippen molar-refractivity contribution in [3.63, 3.8) is 0 Å². The molecule has 0 spiro atoms. The molecule has 13 heteroatoms. The predicted octanol–water partition coefficient (Wildman–Crippen LogP) is 1.28. The molecule has 0 aliphatic rings. The van der Waals surface area contributed by atoms with Crippen molar-refractivity contribution in [2.75, 3.05) is 5.32 Å². The van der Waals surface area contributed by atoms with Crippen molar-refractivity contribution < 1.29 is 18.0 Å². The topological polar surface area (TPSA) is 109 Å². The monoisotopic (exact) mass is 447 g/mol. The summed E-state index contributed by atoms with van der Waals surface area (Å²) in [7, 11) is 2.72. The van der Waals surface area contributed by atoms with Gasteiger partial charge in [0.2, 0.25) is 5.91 Å². The lowest BCUT2D eigenvalue weighted by atomic mass is 10.1. The van der Waals surface area contributed by atoms with E-state index in [1.807, 2.05) is 0 Å². The summed E-state index contributed by atoms with van der Waals surface area (Å²) >= 11 is 0. The fraction of sp³-hybridized carbons (Fsp3) is 0.211. The van der Waals surface area contributed by atoms with E-state index in [1.165, 1.54) is 48.1 Å². The van der Waals surface area contributed by atoms with Gasteiger partial charge in [0.25, 0.3) is 5.56 Å². The Labute approximate surface area is 177 Å². The van der Waals surface area contributed by atoms with Gasteiger partial charge >= 0.3 is 11.9 Å². The van der Waals surface area contributed by atoms with Crippen LogP contribution in [0.3, 0.4) is 0 Å². The number of aryl methyl sites for hydroxylation is 1. The lowest BCUT2D eigenvalue weighted by Gasteiger charge is -2.15. The van der Waals surface area contributed by atoms with E-state index >= 15 is 0 Å². The molecule has 4 rings (SSSR count). The van der Waals surface area contributed by atoms with Crippen LogP contribution in [-0.4, -0.2) is 34.4 Å². The molecular formula is C19H16F3N7O3. The number of carbonyl (C=O) groups is 1. The minimum Gasteiger partial charge on any atom is -0.323 e. The molecule has 3 aromatic heterocycles. The van der Waals surface area contributed by atoms with Gasteiger partial charge in [-0.1, -0.05) is 0 Å². The largest absolute Gasteiger partial charge is 0.416 e. The van der Waals surface area contributed by atoms with Crippen LogP contribution in [0.5, 0.6) is 0 Å². The van der Waals surface area contributed by atoms with Crippen molar-refractivity contribution in [1.82, 2.24) is 28.5 Å². The fourth-order valence-electron chi connectivity index (χ4n) is 3.28. The Morgan fingerprint density at radius 1 is 1.16 bits per heavy atom. The molecule has 0 atom stereocenters. The number of alkyl halides is 3. The molecule has 0 saturated heterocycles. The molecule has 1 aromatic carbocycles. The quantitative estimate of drug-likeness (QED) is 0.507. The maximum absolute atomic E-state index is 13.2. The van der Waals surface area contributed by atoms with Gasteiger partial charge in [-0.05, 0) is 24.3 Å². The van der Waals surface area contributed by atoms with Crippen molar-refractivity contribution in [1.29, 1.82) is 0 Å². The second-order valence-corrected chi connectivity index (χ2v) is 6.98. The Balaban J connectivity index is 1.71. The lowest BCUT2D eigenvalue weighted by Crippen LogP contribution is -2.37. The van der Waals surface area contributed by atoms with E-state index in [0.29, 0.717) is 0 Å². The summed E-state index contributed by atoms with van der Waals surface area (Å²) in [6, 6.07) is 4.48. The first-order valence-corrected chi connectivity index (χ1v) is 9.20. The van der Waals surface area contributed by atoms with E-state index in [2.05, 4.69) is 15.4 Å². The highest BCUT2D eigenvalue weighted by atomic mass is 19.4. The van der Waals surface area contributed by atoms with E-state index in [-0.39, 0.29) is 22.5 Å². The first kappa shape index (κ1) is 21.1. The Bertz CT molecular complexity index is 1450. The third-order valence-corrected chi connectivity index (χ3v) is 4.88. The number of fused-ring (bicyclic) bond motifs is 1. The second kappa shape index (κ2) is 7.51. The standard InChI is InChI=1S/C19H16F3N7O3/c1-26-16-15(17(31)27(2)18(26)32)28(10-23-16)9-14(30)25-12-8-11(19(20,21)22)4-5-13(12)29-7-3-6-24-29/h3-8,10H,9H2,1-2H3,(H,25,30). The number of carbonyl (C=O) groups excluding carboxylic acids is 1. The number of rotatable bonds is 4. The molecule has 0 fully saturated rings. The molecule has 0 saturated carbocycles. The van der Waals surface area contributed by atoms with E-state index in [1.54, 1.807) is 6.07 Å². The number of halogens is 3. The van der Waals surface area contributed by atoms with Crippen LogP contribution in [0.4, 0.5) is 18.9 Å². The first-order chi connectivity index (χ1) is 15.1. The van der Waals surface area contributed by atoms with Crippen molar-refractivity contribution >= 4 is 22.8 Å². The maximum Gasteiger partial charge on any atom is 0.416 e. The van der Waals surface area contributed by atoms with Crippen LogP contribution >= 0.6 is 0 Å². The molecular weight excluding hydrogens is 431 g/mol. The Morgan fingerprint density at radius 3 is 2.56 bits per heavy atom. The van der Waals surface area contributed by atoms with Gasteiger partial charge in [-0.15, -0.1) is 0 Å². The lowest BCUT2D eigenvalue weighted by molar-refractivity contribution is -0.137. The van der Waals surface area contributed by atoms with Gasteiger partial charge in [0.15, 0.2) is 11.2 Å². The molecule has 0 aliphatic carbocycles. The summed E-state index contributed by atoms with van der Waals surface area (Å²) in [6.07, 6.45) is -0.432. The number of anilines is 1. The molecule has 0 unspecified atom stereocenters. The van der Waals surface area contributed by atoms with Crippen molar-refractivity contribution in [2.24, 2.45) is 14.1 Å². The zero-order chi connectivity index (χ0) is 23.2. The summed E-state index contributed by atoms with van der Waals surface area (Å²) < 4.78 is 44.2. The number of nitrogens with one attached hydrogen (secondary N) is 1. The van der Waals surface area contributed by atoms with Gasteiger partial charge in [-0.25, -0.2) is 14.5 Å². The number of benzene rings is 1. The summed E-state index contributed by atoms with van der Waals surface area (Å²) in [4.78, 5) is 41.3. The Morgan fingerprint density at radius 2 is 1.91 bits per heavy atom. The van der Waals surface area contributed by atoms with Crippen LogP contribution in [0.2, 0.25) is 0 Å². The average molecular weight is 447 g/mol. The van der Waals surface area contributed by atoms with Crippen molar-refractivity contribution in [3.8, 4) is 5.69 Å². The number of aromatic nitrogens is 6. The fourth-order valence-corrected chi connectivity index (χ4v) is 3.28. The smallest absolute Gasteiger partial charge is 0.323 e. The molecule has 1 amide bonds. The molecule has 32 heavy (non-hydrogen) atoms. The molecule has 1 N–H and O–H groups in total. The minimum absolute atomic E-state index is 0.0149. The highest BCUT2D eigenvalue weighted by Gasteiger charge is 2.31. The van der Waals surface area contributed by atoms with Crippen LogP contribution < -0.4 is 16.6 Å². The third kappa shape index (κ3) is 3.57. The number of amides is 1. The SMILES string of the molecule is Cn1c(=O)c2c(ncn2CC(=O)Nc2cc(C(F)(F)F)ccc2-n2cccn2)n(C)c1=O. The molecule has 0 aliphatic heterocycles. The van der Waals surface area contributed by atoms with Gasteiger partial charge in [0, 0.05) is 26.5 Å². The van der Waals surface area contributed by atoms with Crippen molar-refractivity contribution in [2.45, 2.75) is 12.7 Å². The van der Waals surface area contributed by atoms with Crippen LogP contribution in [0, 0.1) is 0 Å². The van der Waals surface area contributed by atoms with Crippen LogP contribution in [0.25, 0.3) is 16.9 Å². The molecule has 4 aromatic rings. The molecule has 10 nitrogen and oxygen atoms in total. The van der Waals surface area contributed by atoms with E-state index in [9.17, 15) is 27.6 Å².